The molecule has 0 aliphatic carbocycles. The smallest absolute Gasteiger partial charge is 0.321 e. The second-order valence-electron chi connectivity index (χ2n) is 5.04. The van der Waals surface area contributed by atoms with E-state index in [1.165, 1.54) is 12.1 Å². The molecule has 2 heterocycles. The summed E-state index contributed by atoms with van der Waals surface area (Å²) in [6.45, 7) is 1.36. The second kappa shape index (κ2) is 6.30. The van der Waals surface area contributed by atoms with Crippen LogP contribution >= 0.6 is 0 Å². The first-order chi connectivity index (χ1) is 11.1. The predicted octanol–water partition coefficient (Wildman–Crippen LogP) is 0.942. The van der Waals surface area contributed by atoms with Gasteiger partial charge in [0, 0.05) is 30.5 Å². The fourth-order valence-electron chi connectivity index (χ4n) is 2.27. The van der Waals surface area contributed by atoms with E-state index in [1.54, 1.807) is 29.2 Å². The van der Waals surface area contributed by atoms with Gasteiger partial charge >= 0.3 is 6.03 Å². The number of urea groups is 1. The Labute approximate surface area is 131 Å². The van der Waals surface area contributed by atoms with Crippen LogP contribution in [0.4, 0.5) is 16.2 Å². The molecule has 0 atom stereocenters. The van der Waals surface area contributed by atoms with Gasteiger partial charge in [-0.1, -0.05) is 0 Å². The molecule has 1 fully saturated rings. The van der Waals surface area contributed by atoms with E-state index in [1.807, 2.05) is 0 Å². The molecule has 3 rings (SSSR count). The number of carbonyl (C=O) groups excluding carboxylic acids is 2. The predicted molar refractivity (Wildman–Crippen MR) is 84.6 cm³/mol. The van der Waals surface area contributed by atoms with Gasteiger partial charge in [-0.05, 0) is 36.8 Å². The van der Waals surface area contributed by atoms with Crippen LogP contribution in [0.2, 0.25) is 0 Å². The van der Waals surface area contributed by atoms with Gasteiger partial charge in [0.2, 0.25) is 0 Å². The summed E-state index contributed by atoms with van der Waals surface area (Å²) in [5.74, 6) is -0.426. The van der Waals surface area contributed by atoms with Gasteiger partial charge in [0.1, 0.15) is 5.69 Å². The zero-order valence-electron chi connectivity index (χ0n) is 12.2. The van der Waals surface area contributed by atoms with E-state index >= 15 is 0 Å². The lowest BCUT2D eigenvalue weighted by Crippen LogP contribution is -2.46. The number of nitrogens with one attached hydrogen (secondary N) is 3. The highest BCUT2D eigenvalue weighted by atomic mass is 16.2. The van der Waals surface area contributed by atoms with Crippen LogP contribution in [0.5, 0.6) is 0 Å². The molecule has 1 aliphatic rings. The van der Waals surface area contributed by atoms with Gasteiger partial charge in [0.05, 0.1) is 0 Å². The normalized spacial score (nSPS) is 14.3. The number of anilines is 2. The summed E-state index contributed by atoms with van der Waals surface area (Å²) < 4.78 is 0. The van der Waals surface area contributed by atoms with Crippen molar-refractivity contribution in [3.63, 3.8) is 0 Å². The molecule has 0 bridgehead atoms. The molecule has 118 valence electrons. The van der Waals surface area contributed by atoms with Crippen LogP contribution in [-0.4, -0.2) is 35.2 Å². The van der Waals surface area contributed by atoms with E-state index in [-0.39, 0.29) is 17.3 Å². The second-order valence-corrected chi connectivity index (χ2v) is 5.04. The lowest BCUT2D eigenvalue weighted by atomic mass is 10.2. The Balaban J connectivity index is 1.69. The SMILES string of the molecule is O=C(Nc1ccc(N2CCCNC2=O)cc1)c1ccc(=O)[nH]n1. The van der Waals surface area contributed by atoms with Crippen LogP contribution in [0.3, 0.4) is 0 Å². The first-order valence-corrected chi connectivity index (χ1v) is 7.16. The Morgan fingerprint density at radius 1 is 1.13 bits per heavy atom. The number of benzene rings is 1. The van der Waals surface area contributed by atoms with Crippen molar-refractivity contribution in [2.24, 2.45) is 0 Å². The Hall–Kier alpha value is -3.16. The van der Waals surface area contributed by atoms with Gasteiger partial charge < -0.3 is 10.6 Å². The van der Waals surface area contributed by atoms with Crippen LogP contribution in [0.15, 0.2) is 41.2 Å². The number of nitrogens with zero attached hydrogens (tertiary/aromatic N) is 2. The molecule has 23 heavy (non-hydrogen) atoms. The summed E-state index contributed by atoms with van der Waals surface area (Å²) in [5, 5.41) is 11.3. The van der Waals surface area contributed by atoms with Crippen LogP contribution < -0.4 is 21.1 Å². The Morgan fingerprint density at radius 2 is 1.91 bits per heavy atom. The molecule has 0 spiro atoms. The fraction of sp³-hybridized carbons (Fsp3) is 0.200. The molecule has 2 aromatic rings. The summed E-state index contributed by atoms with van der Waals surface area (Å²) in [5.41, 5.74) is 1.08. The van der Waals surface area contributed by atoms with E-state index in [9.17, 15) is 14.4 Å². The van der Waals surface area contributed by atoms with E-state index in [0.717, 1.165) is 12.1 Å². The molecule has 0 radical (unpaired) electrons. The third-order valence-corrected chi connectivity index (χ3v) is 3.43. The largest absolute Gasteiger partial charge is 0.338 e. The van der Waals surface area contributed by atoms with Gasteiger partial charge in [-0.25, -0.2) is 9.89 Å². The van der Waals surface area contributed by atoms with Crippen molar-refractivity contribution in [3.05, 3.63) is 52.4 Å². The van der Waals surface area contributed by atoms with Gasteiger partial charge in [-0.15, -0.1) is 0 Å². The highest BCUT2D eigenvalue weighted by Gasteiger charge is 2.19. The third-order valence-electron chi connectivity index (χ3n) is 3.43. The summed E-state index contributed by atoms with van der Waals surface area (Å²) in [4.78, 5) is 36.4. The molecular formula is C15H15N5O3. The van der Waals surface area contributed by atoms with Gasteiger partial charge in [0.15, 0.2) is 0 Å². The van der Waals surface area contributed by atoms with Crippen LogP contribution in [-0.2, 0) is 0 Å². The molecule has 1 aromatic carbocycles. The van der Waals surface area contributed by atoms with Crippen molar-refractivity contribution in [2.45, 2.75) is 6.42 Å². The highest BCUT2D eigenvalue weighted by Crippen LogP contribution is 2.20. The van der Waals surface area contributed by atoms with Crippen LogP contribution in [0, 0.1) is 0 Å². The summed E-state index contributed by atoms with van der Waals surface area (Å²) in [6.07, 6.45) is 0.891. The maximum atomic E-state index is 12.0. The van der Waals surface area contributed by atoms with E-state index in [4.69, 9.17) is 0 Å². The standard InChI is InChI=1S/C15H15N5O3/c21-13-7-6-12(18-19-13)14(22)17-10-2-4-11(5-3-10)20-9-1-8-16-15(20)23/h2-7H,1,8-9H2,(H,16,23)(H,17,22)(H,19,21). The third kappa shape index (κ3) is 3.37. The Bertz CT molecular complexity index is 764. The van der Waals surface area contributed by atoms with Crippen molar-refractivity contribution < 1.29 is 9.59 Å². The topological polar surface area (TPSA) is 107 Å². The number of H-pyrrole nitrogens is 1. The van der Waals surface area contributed by atoms with Crippen LogP contribution in [0.1, 0.15) is 16.9 Å². The number of aromatic amines is 1. The first-order valence-electron chi connectivity index (χ1n) is 7.16. The van der Waals surface area contributed by atoms with Crippen LogP contribution in [0.25, 0.3) is 0 Å². The average Bonchev–Trinajstić information content (AvgIpc) is 2.57. The van der Waals surface area contributed by atoms with Crippen molar-refractivity contribution in [1.82, 2.24) is 15.5 Å². The van der Waals surface area contributed by atoms with Crippen molar-refractivity contribution in [2.75, 3.05) is 23.3 Å². The number of carbonyl (C=O) groups is 2. The van der Waals surface area contributed by atoms with Gasteiger partial charge in [0.25, 0.3) is 11.5 Å². The van der Waals surface area contributed by atoms with Gasteiger partial charge in [-0.3, -0.25) is 14.5 Å². The highest BCUT2D eigenvalue weighted by molar-refractivity contribution is 6.03. The first kappa shape index (κ1) is 14.8. The van der Waals surface area contributed by atoms with Gasteiger partial charge in [-0.2, -0.15) is 5.10 Å². The summed E-state index contributed by atoms with van der Waals surface area (Å²) in [7, 11) is 0. The molecular weight excluding hydrogens is 298 g/mol. The lowest BCUT2D eigenvalue weighted by Gasteiger charge is -2.27. The molecule has 1 saturated heterocycles. The molecule has 1 aliphatic heterocycles. The minimum absolute atomic E-state index is 0.115. The number of aromatic nitrogens is 2. The number of rotatable bonds is 3. The number of hydrogen-bond donors (Lipinski definition) is 3. The molecule has 1 aromatic heterocycles. The van der Waals surface area contributed by atoms with Crippen molar-refractivity contribution >= 4 is 23.3 Å². The maximum absolute atomic E-state index is 12.0. The minimum atomic E-state index is -0.426. The molecule has 8 heteroatoms. The van der Waals surface area contributed by atoms with E-state index in [2.05, 4.69) is 20.8 Å². The zero-order valence-corrected chi connectivity index (χ0v) is 12.2. The summed E-state index contributed by atoms with van der Waals surface area (Å²) >= 11 is 0. The van der Waals surface area contributed by atoms with Crippen molar-refractivity contribution in [1.29, 1.82) is 0 Å². The lowest BCUT2D eigenvalue weighted by molar-refractivity contribution is 0.102. The number of hydrogen-bond acceptors (Lipinski definition) is 4. The molecule has 0 saturated carbocycles. The molecule has 3 N–H and O–H groups in total. The monoisotopic (exact) mass is 313 g/mol. The minimum Gasteiger partial charge on any atom is -0.338 e. The number of amides is 3. The summed E-state index contributed by atoms with van der Waals surface area (Å²) in [6, 6.07) is 9.41. The van der Waals surface area contributed by atoms with E-state index < -0.39 is 5.91 Å². The average molecular weight is 313 g/mol. The maximum Gasteiger partial charge on any atom is 0.321 e. The quantitative estimate of drug-likeness (QED) is 0.784. The van der Waals surface area contributed by atoms with Crippen molar-refractivity contribution in [3.8, 4) is 0 Å². The Kier molecular flexibility index (Phi) is 4.05. The molecule has 8 nitrogen and oxygen atoms in total. The Morgan fingerprint density at radius 3 is 2.57 bits per heavy atom. The zero-order chi connectivity index (χ0) is 16.2. The molecule has 0 unspecified atom stereocenters. The van der Waals surface area contributed by atoms with E-state index in [0.29, 0.717) is 18.8 Å². The fourth-order valence-corrected chi connectivity index (χ4v) is 2.27. The molecule has 3 amide bonds.